The maximum Gasteiger partial charge on any atom is 0.410 e. The molecule has 4 aliphatic rings. The van der Waals surface area contributed by atoms with Crippen LogP contribution >= 0.6 is 0 Å². The summed E-state index contributed by atoms with van der Waals surface area (Å²) in [7, 11) is 3.53. The first-order valence-electron chi connectivity index (χ1n) is 22.6. The maximum absolute atomic E-state index is 12.0. The molecule has 2 aliphatic heterocycles. The molecule has 4 N–H and O–H groups in total. The molecule has 4 fully saturated rings. The molecule has 2 saturated carbocycles. The predicted molar refractivity (Wildman–Crippen MR) is 235 cm³/mol. The van der Waals surface area contributed by atoms with Crippen LogP contribution in [0, 0.1) is 10.8 Å². The minimum absolute atomic E-state index is 0.102. The monoisotopic (exact) mass is 841 g/mol. The number of nitrogens with zero attached hydrogens (tertiary/aromatic N) is 4. The predicted octanol–water partition coefficient (Wildman–Crippen LogP) is 8.42. The number of H-pyrrole nitrogens is 2. The third kappa shape index (κ3) is 13.9. The summed E-state index contributed by atoms with van der Waals surface area (Å²) in [4.78, 5) is 27.3. The zero-order chi connectivity index (χ0) is 44.0. The molecule has 0 radical (unpaired) electrons. The molecule has 0 unspecified atom stereocenters. The van der Waals surface area contributed by atoms with Crippen molar-refractivity contribution in [1.82, 2.24) is 40.8 Å². The van der Waals surface area contributed by atoms with E-state index in [1.807, 2.05) is 53.9 Å². The number of nitrogens with one attached hydrogen (secondary N) is 4. The number of amides is 2. The summed E-state index contributed by atoms with van der Waals surface area (Å²) < 4.78 is 23.3. The summed E-state index contributed by atoms with van der Waals surface area (Å²) in [5.41, 5.74) is 4.85. The molecule has 14 nitrogen and oxygen atoms in total. The van der Waals surface area contributed by atoms with Gasteiger partial charge in [0.1, 0.15) is 11.2 Å². The smallest absolute Gasteiger partial charge is 0.410 e. The first-order chi connectivity index (χ1) is 28.0. The van der Waals surface area contributed by atoms with Crippen LogP contribution in [0.2, 0.25) is 0 Å². The van der Waals surface area contributed by atoms with E-state index in [1.165, 1.54) is 35.4 Å². The molecular weight excluding hydrogens is 761 g/mol. The van der Waals surface area contributed by atoms with Crippen LogP contribution in [-0.2, 0) is 32.0 Å². The summed E-state index contributed by atoms with van der Waals surface area (Å²) in [6, 6.07) is 0. The highest BCUT2D eigenvalue weighted by Gasteiger charge is 2.48. The van der Waals surface area contributed by atoms with E-state index in [0.717, 1.165) is 77.7 Å². The number of hydrogen-bond donors (Lipinski definition) is 4. The van der Waals surface area contributed by atoms with E-state index in [4.69, 9.17) is 18.9 Å². The summed E-state index contributed by atoms with van der Waals surface area (Å²) in [6.45, 7) is 26.4. The van der Waals surface area contributed by atoms with Crippen molar-refractivity contribution >= 4 is 12.2 Å². The van der Waals surface area contributed by atoms with Crippen molar-refractivity contribution in [3.8, 4) is 0 Å². The van der Waals surface area contributed by atoms with E-state index >= 15 is 0 Å². The first kappa shape index (κ1) is 47.8. The summed E-state index contributed by atoms with van der Waals surface area (Å²) in [6.07, 6.45) is 14.7. The molecule has 0 atom stereocenters. The van der Waals surface area contributed by atoms with Crippen LogP contribution in [-0.4, -0.2) is 118 Å². The van der Waals surface area contributed by atoms with E-state index in [0.29, 0.717) is 48.8 Å². The molecule has 14 heteroatoms. The normalized spacial score (nSPS) is 26.1. The molecule has 340 valence electrons. The summed E-state index contributed by atoms with van der Waals surface area (Å²) in [5.74, 6) is 1.04. The number of aromatic amines is 2. The summed E-state index contributed by atoms with van der Waals surface area (Å²) in [5, 5.41) is 22.0. The van der Waals surface area contributed by atoms with Gasteiger partial charge in [-0.2, -0.15) is 10.2 Å². The van der Waals surface area contributed by atoms with Crippen LogP contribution < -0.4 is 10.6 Å². The molecule has 2 aromatic heterocycles. The third-order valence-corrected chi connectivity index (χ3v) is 12.5. The average Bonchev–Trinajstić information content (AvgIpc) is 3.94. The Hall–Kier alpha value is -3.20. The van der Waals surface area contributed by atoms with Crippen molar-refractivity contribution in [2.24, 2.45) is 10.8 Å². The van der Waals surface area contributed by atoms with Crippen LogP contribution in [0.5, 0.6) is 0 Å². The maximum atomic E-state index is 12.0. The molecule has 2 aliphatic carbocycles. The van der Waals surface area contributed by atoms with Gasteiger partial charge in [0.15, 0.2) is 0 Å². The molecule has 2 spiro atoms. The van der Waals surface area contributed by atoms with Gasteiger partial charge < -0.3 is 39.4 Å². The van der Waals surface area contributed by atoms with Crippen molar-refractivity contribution < 1.29 is 28.5 Å². The zero-order valence-corrected chi connectivity index (χ0v) is 39.3. The Morgan fingerprint density at radius 3 is 1.33 bits per heavy atom. The zero-order valence-electron chi connectivity index (χ0n) is 39.3. The molecule has 4 heterocycles. The number of ether oxygens (including phenoxy) is 4. The Labute approximate surface area is 360 Å². The van der Waals surface area contributed by atoms with Crippen LogP contribution in [0.1, 0.15) is 168 Å². The van der Waals surface area contributed by atoms with Gasteiger partial charge in [0.2, 0.25) is 0 Å². The molecule has 2 aromatic rings. The van der Waals surface area contributed by atoms with Crippen molar-refractivity contribution in [1.29, 1.82) is 0 Å². The molecule has 2 saturated heterocycles. The fourth-order valence-electron chi connectivity index (χ4n) is 9.59. The van der Waals surface area contributed by atoms with E-state index in [-0.39, 0.29) is 23.4 Å². The van der Waals surface area contributed by atoms with E-state index in [1.54, 1.807) is 23.9 Å². The lowest BCUT2D eigenvalue weighted by Gasteiger charge is -2.37. The van der Waals surface area contributed by atoms with Crippen LogP contribution in [0.3, 0.4) is 0 Å². The lowest BCUT2D eigenvalue weighted by atomic mass is 9.72. The molecular formula is C46H80N8O6. The van der Waals surface area contributed by atoms with Gasteiger partial charge in [0, 0.05) is 87.7 Å². The topological polar surface area (TPSA) is 159 Å². The second kappa shape index (κ2) is 19.5. The highest BCUT2D eigenvalue weighted by Crippen LogP contribution is 2.51. The number of aromatic nitrogens is 4. The van der Waals surface area contributed by atoms with Gasteiger partial charge >= 0.3 is 12.2 Å². The third-order valence-electron chi connectivity index (χ3n) is 12.5. The average molecular weight is 841 g/mol. The van der Waals surface area contributed by atoms with Gasteiger partial charge in [-0.05, 0) is 117 Å². The molecule has 60 heavy (non-hydrogen) atoms. The minimum atomic E-state index is -0.470. The van der Waals surface area contributed by atoms with Gasteiger partial charge in [-0.25, -0.2) is 9.59 Å². The second-order valence-corrected chi connectivity index (χ2v) is 21.9. The Kier molecular flexibility index (Phi) is 15.5. The van der Waals surface area contributed by atoms with E-state index in [2.05, 4.69) is 58.7 Å². The minimum Gasteiger partial charge on any atom is -0.444 e. The van der Waals surface area contributed by atoms with Gasteiger partial charge in [-0.1, -0.05) is 27.7 Å². The number of carbonyl (C=O) groups is 2. The standard InChI is InChI=1S/2C23H40N4O3/c2*1-21(2,3)30-20(28)27(6)12-11-24-13-18-14-25-26-19(18)17-7-9-23(10-8-17)15-22(4,5)16-29-23/h2*14,17,24H,7-13,15-16H2,1-6H3,(H,25,26). The van der Waals surface area contributed by atoms with E-state index < -0.39 is 11.2 Å². The number of likely N-dealkylation sites (N-methyl/N-ethyl adjacent to an activating group) is 2. The van der Waals surface area contributed by atoms with Gasteiger partial charge in [0.05, 0.1) is 36.8 Å². The largest absolute Gasteiger partial charge is 0.444 e. The van der Waals surface area contributed by atoms with Crippen LogP contribution in [0.25, 0.3) is 0 Å². The Balaban J connectivity index is 0.000000228. The van der Waals surface area contributed by atoms with Crippen LogP contribution in [0.4, 0.5) is 9.59 Å². The first-order valence-corrected chi connectivity index (χ1v) is 22.6. The Bertz CT molecular complexity index is 1550. The van der Waals surface area contributed by atoms with Crippen LogP contribution in [0.15, 0.2) is 12.4 Å². The number of carbonyl (C=O) groups excluding carboxylic acids is 2. The Morgan fingerprint density at radius 2 is 1.03 bits per heavy atom. The van der Waals surface area contributed by atoms with Crippen molar-refractivity contribution in [3.63, 3.8) is 0 Å². The van der Waals surface area contributed by atoms with E-state index in [9.17, 15) is 9.59 Å². The highest BCUT2D eigenvalue weighted by molar-refractivity contribution is 5.68. The summed E-state index contributed by atoms with van der Waals surface area (Å²) >= 11 is 0. The fourth-order valence-corrected chi connectivity index (χ4v) is 9.59. The lowest BCUT2D eigenvalue weighted by molar-refractivity contribution is -0.0297. The van der Waals surface area contributed by atoms with Crippen molar-refractivity contribution in [2.75, 3.05) is 53.5 Å². The lowest BCUT2D eigenvalue weighted by Crippen LogP contribution is -2.38. The number of rotatable bonds is 12. The molecule has 6 rings (SSSR count). The SMILES string of the molecule is CN(CCNCc1cn[nH]c1C1CCC2(CC1)CC(C)(C)CO2)C(=O)OC(C)(C)C.CN(CCNCc1cn[nH]c1C1CCC2(CC1)CC(C)(C)CO2)C(=O)OC(C)(C)C. The Morgan fingerprint density at radius 1 is 0.683 bits per heavy atom. The molecule has 0 aromatic carbocycles. The fraction of sp³-hybridized carbons (Fsp3) is 0.826. The molecule has 0 bridgehead atoms. The van der Waals surface area contributed by atoms with Gasteiger partial charge in [-0.3, -0.25) is 10.2 Å². The van der Waals surface area contributed by atoms with Gasteiger partial charge in [0.25, 0.3) is 0 Å². The number of hydrogen-bond acceptors (Lipinski definition) is 10. The quantitative estimate of drug-likeness (QED) is 0.153. The second-order valence-electron chi connectivity index (χ2n) is 21.9. The highest BCUT2D eigenvalue weighted by atomic mass is 16.6. The van der Waals surface area contributed by atoms with Crippen molar-refractivity contribution in [2.45, 2.75) is 181 Å². The van der Waals surface area contributed by atoms with Crippen molar-refractivity contribution in [3.05, 3.63) is 34.9 Å². The molecule has 2 amide bonds. The van der Waals surface area contributed by atoms with Gasteiger partial charge in [-0.15, -0.1) is 0 Å².